The van der Waals surface area contributed by atoms with Gasteiger partial charge in [0, 0.05) is 10.4 Å². The van der Waals surface area contributed by atoms with Crippen LogP contribution in [0.1, 0.15) is 11.1 Å². The standard InChI is InChI=1S/C16H15BrClF/c17-11-13(8-12-4-2-1-3-5-12)9-14-10-15(19)6-7-16(14)18/h1-7,10,13H,8-9,11H2. The van der Waals surface area contributed by atoms with Gasteiger partial charge in [0.1, 0.15) is 5.82 Å². The van der Waals surface area contributed by atoms with E-state index < -0.39 is 0 Å². The second-order valence-electron chi connectivity index (χ2n) is 4.65. The van der Waals surface area contributed by atoms with Crippen LogP contribution >= 0.6 is 27.5 Å². The van der Waals surface area contributed by atoms with Gasteiger partial charge in [0.05, 0.1) is 0 Å². The Morgan fingerprint density at radius 2 is 1.79 bits per heavy atom. The van der Waals surface area contributed by atoms with Crippen molar-refractivity contribution in [3.05, 3.63) is 70.5 Å². The van der Waals surface area contributed by atoms with Crippen molar-refractivity contribution in [1.29, 1.82) is 0 Å². The van der Waals surface area contributed by atoms with Crippen LogP contribution in [-0.2, 0) is 12.8 Å². The first-order valence-electron chi connectivity index (χ1n) is 6.23. The van der Waals surface area contributed by atoms with Crippen molar-refractivity contribution in [2.24, 2.45) is 5.92 Å². The summed E-state index contributed by atoms with van der Waals surface area (Å²) in [7, 11) is 0. The fourth-order valence-electron chi connectivity index (χ4n) is 2.14. The van der Waals surface area contributed by atoms with Crippen LogP contribution in [-0.4, -0.2) is 5.33 Å². The predicted molar refractivity (Wildman–Crippen MR) is 82.5 cm³/mol. The minimum Gasteiger partial charge on any atom is -0.207 e. The molecule has 0 nitrogen and oxygen atoms in total. The third kappa shape index (κ3) is 4.32. The van der Waals surface area contributed by atoms with E-state index in [2.05, 4.69) is 28.1 Å². The molecule has 0 aromatic heterocycles. The molecule has 0 bridgehead atoms. The van der Waals surface area contributed by atoms with Crippen LogP contribution in [0, 0.1) is 11.7 Å². The number of alkyl halides is 1. The molecule has 0 N–H and O–H groups in total. The number of hydrogen-bond donors (Lipinski definition) is 0. The fraction of sp³-hybridized carbons (Fsp3) is 0.250. The fourth-order valence-corrected chi connectivity index (χ4v) is 2.79. The summed E-state index contributed by atoms with van der Waals surface area (Å²) in [6.45, 7) is 0. The minimum absolute atomic E-state index is 0.229. The smallest absolute Gasteiger partial charge is 0.123 e. The van der Waals surface area contributed by atoms with Gasteiger partial charge in [-0.05, 0) is 48.1 Å². The molecule has 2 rings (SSSR count). The Labute approximate surface area is 126 Å². The minimum atomic E-state index is -0.229. The Kier molecular flexibility index (Phi) is 5.41. The zero-order valence-electron chi connectivity index (χ0n) is 10.5. The Bertz CT molecular complexity index is 528. The summed E-state index contributed by atoms with van der Waals surface area (Å²) in [4.78, 5) is 0. The summed E-state index contributed by atoms with van der Waals surface area (Å²) in [5.74, 6) is 0.175. The van der Waals surface area contributed by atoms with Crippen LogP contribution in [0.5, 0.6) is 0 Å². The van der Waals surface area contributed by atoms with Crippen molar-refractivity contribution in [1.82, 2.24) is 0 Å². The Balaban J connectivity index is 2.09. The van der Waals surface area contributed by atoms with E-state index in [0.717, 1.165) is 23.7 Å². The summed E-state index contributed by atoms with van der Waals surface area (Å²) in [6, 6.07) is 14.9. The number of rotatable bonds is 5. The van der Waals surface area contributed by atoms with Crippen molar-refractivity contribution in [3.8, 4) is 0 Å². The van der Waals surface area contributed by atoms with Crippen LogP contribution in [0.15, 0.2) is 48.5 Å². The van der Waals surface area contributed by atoms with Gasteiger partial charge in [0.25, 0.3) is 0 Å². The van der Waals surface area contributed by atoms with Crippen molar-refractivity contribution in [2.75, 3.05) is 5.33 Å². The van der Waals surface area contributed by atoms with E-state index >= 15 is 0 Å². The molecule has 0 saturated heterocycles. The molecule has 0 aliphatic heterocycles. The lowest BCUT2D eigenvalue weighted by atomic mass is 9.94. The molecule has 0 amide bonds. The lowest BCUT2D eigenvalue weighted by Gasteiger charge is -2.15. The second kappa shape index (κ2) is 7.06. The molecular weight excluding hydrogens is 327 g/mol. The van der Waals surface area contributed by atoms with Gasteiger partial charge < -0.3 is 0 Å². The van der Waals surface area contributed by atoms with Crippen LogP contribution in [0.4, 0.5) is 4.39 Å². The first-order chi connectivity index (χ1) is 9.19. The summed E-state index contributed by atoms with van der Waals surface area (Å²) in [6.07, 6.45) is 1.73. The van der Waals surface area contributed by atoms with Gasteiger partial charge in [-0.2, -0.15) is 0 Å². The van der Waals surface area contributed by atoms with E-state index in [0.29, 0.717) is 10.9 Å². The second-order valence-corrected chi connectivity index (χ2v) is 5.70. The zero-order chi connectivity index (χ0) is 13.7. The molecule has 2 aromatic carbocycles. The molecule has 100 valence electrons. The highest BCUT2D eigenvalue weighted by atomic mass is 79.9. The zero-order valence-corrected chi connectivity index (χ0v) is 12.8. The van der Waals surface area contributed by atoms with Crippen molar-refractivity contribution < 1.29 is 4.39 Å². The number of halogens is 3. The molecule has 2 aromatic rings. The van der Waals surface area contributed by atoms with Gasteiger partial charge >= 0.3 is 0 Å². The van der Waals surface area contributed by atoms with Gasteiger partial charge in [-0.3, -0.25) is 0 Å². The molecule has 0 saturated carbocycles. The average molecular weight is 342 g/mol. The molecule has 1 unspecified atom stereocenters. The van der Waals surface area contributed by atoms with Crippen LogP contribution in [0.25, 0.3) is 0 Å². The normalized spacial score (nSPS) is 12.4. The predicted octanol–water partition coefficient (Wildman–Crippen LogP) is 5.28. The maximum absolute atomic E-state index is 13.3. The highest BCUT2D eigenvalue weighted by Gasteiger charge is 2.12. The Morgan fingerprint density at radius 1 is 1.05 bits per heavy atom. The monoisotopic (exact) mass is 340 g/mol. The molecule has 0 radical (unpaired) electrons. The van der Waals surface area contributed by atoms with Crippen LogP contribution in [0.2, 0.25) is 5.02 Å². The number of hydrogen-bond acceptors (Lipinski definition) is 0. The first-order valence-corrected chi connectivity index (χ1v) is 7.73. The van der Waals surface area contributed by atoms with Gasteiger partial charge in [0.2, 0.25) is 0 Å². The molecule has 0 aliphatic carbocycles. The summed E-state index contributed by atoms with van der Waals surface area (Å²) in [5.41, 5.74) is 2.17. The maximum Gasteiger partial charge on any atom is 0.123 e. The molecular formula is C16H15BrClF. The SMILES string of the molecule is Fc1ccc(Cl)c(CC(CBr)Cc2ccccc2)c1. The number of benzene rings is 2. The summed E-state index contributed by atoms with van der Waals surface area (Å²) >= 11 is 9.66. The topological polar surface area (TPSA) is 0 Å². The molecule has 19 heavy (non-hydrogen) atoms. The van der Waals surface area contributed by atoms with Gasteiger partial charge in [-0.1, -0.05) is 57.9 Å². The quantitative estimate of drug-likeness (QED) is 0.649. The van der Waals surface area contributed by atoms with E-state index in [-0.39, 0.29) is 5.82 Å². The highest BCUT2D eigenvalue weighted by molar-refractivity contribution is 9.09. The molecule has 1 atom stereocenters. The average Bonchev–Trinajstić information content (AvgIpc) is 2.43. The van der Waals surface area contributed by atoms with E-state index in [1.54, 1.807) is 6.07 Å². The van der Waals surface area contributed by atoms with Gasteiger partial charge in [-0.15, -0.1) is 0 Å². The van der Waals surface area contributed by atoms with Gasteiger partial charge in [-0.25, -0.2) is 4.39 Å². The van der Waals surface area contributed by atoms with E-state index in [9.17, 15) is 4.39 Å². The Hall–Kier alpha value is -0.860. The third-order valence-electron chi connectivity index (χ3n) is 3.10. The van der Waals surface area contributed by atoms with Crippen molar-refractivity contribution >= 4 is 27.5 Å². The molecule has 0 aliphatic rings. The summed E-state index contributed by atoms with van der Waals surface area (Å²) in [5, 5.41) is 1.51. The summed E-state index contributed by atoms with van der Waals surface area (Å²) < 4.78 is 13.3. The van der Waals surface area contributed by atoms with Crippen molar-refractivity contribution in [3.63, 3.8) is 0 Å². The Morgan fingerprint density at radius 3 is 2.47 bits per heavy atom. The van der Waals surface area contributed by atoms with E-state index in [1.165, 1.54) is 17.7 Å². The molecule has 0 spiro atoms. The lowest BCUT2D eigenvalue weighted by Crippen LogP contribution is -2.10. The third-order valence-corrected chi connectivity index (χ3v) is 4.39. The van der Waals surface area contributed by atoms with E-state index in [1.807, 2.05) is 18.2 Å². The van der Waals surface area contributed by atoms with Crippen molar-refractivity contribution in [2.45, 2.75) is 12.8 Å². The van der Waals surface area contributed by atoms with Crippen LogP contribution in [0.3, 0.4) is 0 Å². The van der Waals surface area contributed by atoms with Crippen LogP contribution < -0.4 is 0 Å². The largest absolute Gasteiger partial charge is 0.207 e. The van der Waals surface area contributed by atoms with Gasteiger partial charge in [0.15, 0.2) is 0 Å². The molecule has 0 fully saturated rings. The molecule has 3 heteroatoms. The van der Waals surface area contributed by atoms with E-state index in [4.69, 9.17) is 11.6 Å². The lowest BCUT2D eigenvalue weighted by molar-refractivity contribution is 0.582. The highest BCUT2D eigenvalue weighted by Crippen LogP contribution is 2.23. The first kappa shape index (κ1) is 14.5. The maximum atomic E-state index is 13.3. The molecule has 0 heterocycles.